The highest BCUT2D eigenvalue weighted by molar-refractivity contribution is 6.18. The highest BCUT2D eigenvalue weighted by Gasteiger charge is 2.65. The second-order valence-electron chi connectivity index (χ2n) is 7.69. The van der Waals surface area contributed by atoms with E-state index in [1.165, 1.54) is 0 Å². The van der Waals surface area contributed by atoms with Crippen LogP contribution in [0.4, 0.5) is 11.4 Å². The van der Waals surface area contributed by atoms with Crippen LogP contribution >= 0.6 is 0 Å². The van der Waals surface area contributed by atoms with Crippen molar-refractivity contribution in [2.75, 3.05) is 22.9 Å². The Balaban J connectivity index is 2.00. The van der Waals surface area contributed by atoms with E-state index >= 15 is 0 Å². The van der Waals surface area contributed by atoms with Crippen molar-refractivity contribution in [1.29, 1.82) is 0 Å². The topological polar surface area (TPSA) is 40.6 Å². The van der Waals surface area contributed by atoms with E-state index in [-0.39, 0.29) is 11.8 Å². The lowest BCUT2D eigenvalue weighted by atomic mass is 9.59. The first-order valence-corrected chi connectivity index (χ1v) is 9.47. The van der Waals surface area contributed by atoms with E-state index in [2.05, 4.69) is 13.2 Å². The van der Waals surface area contributed by atoms with Crippen molar-refractivity contribution in [2.45, 2.75) is 24.7 Å². The van der Waals surface area contributed by atoms with Crippen LogP contribution in [-0.2, 0) is 20.4 Å². The van der Waals surface area contributed by atoms with E-state index in [1.807, 2.05) is 62.4 Å². The highest BCUT2D eigenvalue weighted by Crippen LogP contribution is 2.57. The first-order chi connectivity index (χ1) is 13.4. The van der Waals surface area contributed by atoms with Crippen LogP contribution < -0.4 is 9.80 Å². The average molecular weight is 372 g/mol. The van der Waals surface area contributed by atoms with Crippen LogP contribution in [0.3, 0.4) is 0 Å². The van der Waals surface area contributed by atoms with Gasteiger partial charge in [0.1, 0.15) is 0 Å². The SMILES string of the molecule is C=CCN1C(=O)C(C)(C2(C)C(=O)N(CC=C)c3ccccc32)c2ccccc21. The Hall–Kier alpha value is -3.14. The summed E-state index contributed by atoms with van der Waals surface area (Å²) >= 11 is 0. The third-order valence-electron chi connectivity index (χ3n) is 6.44. The number of benzene rings is 2. The average Bonchev–Trinajstić information content (AvgIpc) is 3.07. The highest BCUT2D eigenvalue weighted by atomic mass is 16.2. The summed E-state index contributed by atoms with van der Waals surface area (Å²) in [6.07, 6.45) is 3.44. The van der Waals surface area contributed by atoms with Gasteiger partial charge >= 0.3 is 0 Å². The van der Waals surface area contributed by atoms with Gasteiger partial charge in [-0.15, -0.1) is 13.2 Å². The Bertz CT molecular complexity index is 930. The zero-order chi connectivity index (χ0) is 20.1. The molecular formula is C24H24N2O2. The van der Waals surface area contributed by atoms with Gasteiger partial charge in [-0.2, -0.15) is 0 Å². The molecule has 0 N–H and O–H groups in total. The van der Waals surface area contributed by atoms with E-state index in [4.69, 9.17) is 0 Å². The largest absolute Gasteiger partial charge is 0.308 e. The smallest absolute Gasteiger partial charge is 0.239 e. The Labute approximate surface area is 165 Å². The van der Waals surface area contributed by atoms with Gasteiger partial charge in [-0.3, -0.25) is 9.59 Å². The number of nitrogens with zero attached hydrogens (tertiary/aromatic N) is 2. The molecule has 4 nitrogen and oxygen atoms in total. The molecule has 2 atom stereocenters. The summed E-state index contributed by atoms with van der Waals surface area (Å²) in [4.78, 5) is 31.0. The number of carbonyl (C=O) groups is 2. The zero-order valence-corrected chi connectivity index (χ0v) is 16.3. The van der Waals surface area contributed by atoms with Crippen molar-refractivity contribution in [3.63, 3.8) is 0 Å². The van der Waals surface area contributed by atoms with Crippen molar-refractivity contribution in [3.05, 3.63) is 85.0 Å². The molecule has 2 aromatic rings. The summed E-state index contributed by atoms with van der Waals surface area (Å²) in [5, 5.41) is 0. The monoisotopic (exact) mass is 372 g/mol. The Morgan fingerprint density at radius 2 is 1.11 bits per heavy atom. The fourth-order valence-electron chi connectivity index (χ4n) is 4.84. The van der Waals surface area contributed by atoms with Crippen LogP contribution in [0.25, 0.3) is 0 Å². The molecule has 2 amide bonds. The van der Waals surface area contributed by atoms with E-state index in [9.17, 15) is 9.59 Å². The first kappa shape index (κ1) is 18.2. The quantitative estimate of drug-likeness (QED) is 0.745. The lowest BCUT2D eigenvalue weighted by molar-refractivity contribution is -0.133. The maximum absolute atomic E-state index is 13.8. The van der Waals surface area contributed by atoms with Crippen molar-refractivity contribution in [1.82, 2.24) is 0 Å². The number of amides is 2. The first-order valence-electron chi connectivity index (χ1n) is 9.47. The molecule has 0 spiro atoms. The summed E-state index contributed by atoms with van der Waals surface area (Å²) in [5.41, 5.74) is 1.43. The maximum Gasteiger partial charge on any atom is 0.239 e. The van der Waals surface area contributed by atoms with Crippen molar-refractivity contribution >= 4 is 23.2 Å². The summed E-state index contributed by atoms with van der Waals surface area (Å²) in [5.74, 6) is -0.139. The molecule has 0 saturated heterocycles. The standard InChI is InChI=1S/C24H24N2O2/c1-5-15-25-19-13-9-7-11-17(19)23(3,21(25)27)24(4)18-12-8-10-14-20(18)26(16-6-2)22(24)28/h5-14H,1-2,15-16H2,3-4H3. The maximum atomic E-state index is 13.8. The number of hydrogen-bond acceptors (Lipinski definition) is 2. The molecule has 2 aromatic carbocycles. The van der Waals surface area contributed by atoms with Crippen molar-refractivity contribution in [2.24, 2.45) is 0 Å². The van der Waals surface area contributed by atoms with Crippen LogP contribution in [0, 0.1) is 0 Å². The third kappa shape index (κ3) is 2.00. The van der Waals surface area contributed by atoms with Crippen LogP contribution in [-0.4, -0.2) is 24.9 Å². The zero-order valence-electron chi connectivity index (χ0n) is 16.3. The normalized spacial score (nSPS) is 25.6. The van der Waals surface area contributed by atoms with E-state index in [0.717, 1.165) is 22.5 Å². The van der Waals surface area contributed by atoms with Gasteiger partial charge in [-0.1, -0.05) is 48.6 Å². The van der Waals surface area contributed by atoms with Gasteiger partial charge < -0.3 is 9.80 Å². The molecule has 4 heteroatoms. The van der Waals surface area contributed by atoms with Crippen LogP contribution in [0.2, 0.25) is 0 Å². The van der Waals surface area contributed by atoms with Crippen LogP contribution in [0.15, 0.2) is 73.8 Å². The van der Waals surface area contributed by atoms with Gasteiger partial charge in [-0.05, 0) is 37.1 Å². The molecule has 0 bridgehead atoms. The van der Waals surface area contributed by atoms with Gasteiger partial charge in [0.25, 0.3) is 0 Å². The lowest BCUT2D eigenvalue weighted by Gasteiger charge is -2.39. The van der Waals surface area contributed by atoms with Gasteiger partial charge in [-0.25, -0.2) is 0 Å². The van der Waals surface area contributed by atoms with Gasteiger partial charge in [0, 0.05) is 24.5 Å². The molecular weight excluding hydrogens is 348 g/mol. The molecule has 2 aliphatic heterocycles. The minimum atomic E-state index is -1.02. The second kappa shape index (κ2) is 6.20. The fraction of sp³-hybridized carbons (Fsp3) is 0.250. The number of fused-ring (bicyclic) bond motifs is 2. The van der Waals surface area contributed by atoms with Gasteiger partial charge in [0.05, 0.1) is 10.8 Å². The molecule has 0 aliphatic carbocycles. The molecule has 0 radical (unpaired) electrons. The van der Waals surface area contributed by atoms with E-state index in [1.54, 1.807) is 22.0 Å². The fourth-order valence-corrected chi connectivity index (χ4v) is 4.84. The third-order valence-corrected chi connectivity index (χ3v) is 6.44. The van der Waals surface area contributed by atoms with Crippen molar-refractivity contribution in [3.8, 4) is 0 Å². The molecule has 2 aliphatic rings. The Morgan fingerprint density at radius 3 is 1.46 bits per heavy atom. The lowest BCUT2D eigenvalue weighted by Crippen LogP contribution is -2.56. The summed E-state index contributed by atoms with van der Waals surface area (Å²) in [7, 11) is 0. The number of para-hydroxylation sites is 2. The molecule has 2 unspecified atom stereocenters. The second-order valence-corrected chi connectivity index (χ2v) is 7.69. The molecule has 2 heterocycles. The number of rotatable bonds is 5. The predicted octanol–water partition coefficient (Wildman–Crippen LogP) is 3.97. The summed E-state index contributed by atoms with van der Waals surface area (Å²) in [6.45, 7) is 12.2. The molecule has 0 aromatic heterocycles. The van der Waals surface area contributed by atoms with E-state index < -0.39 is 10.8 Å². The summed E-state index contributed by atoms with van der Waals surface area (Å²) in [6, 6.07) is 15.5. The molecule has 0 fully saturated rings. The predicted molar refractivity (Wildman–Crippen MR) is 113 cm³/mol. The number of anilines is 2. The Kier molecular flexibility index (Phi) is 4.03. The minimum Gasteiger partial charge on any atom is -0.308 e. The Morgan fingerprint density at radius 1 is 0.750 bits per heavy atom. The van der Waals surface area contributed by atoms with Crippen LogP contribution in [0.5, 0.6) is 0 Å². The van der Waals surface area contributed by atoms with E-state index in [0.29, 0.717) is 13.1 Å². The molecule has 28 heavy (non-hydrogen) atoms. The van der Waals surface area contributed by atoms with Gasteiger partial charge in [0.2, 0.25) is 11.8 Å². The molecule has 142 valence electrons. The molecule has 0 saturated carbocycles. The van der Waals surface area contributed by atoms with Crippen molar-refractivity contribution < 1.29 is 9.59 Å². The van der Waals surface area contributed by atoms with Crippen LogP contribution in [0.1, 0.15) is 25.0 Å². The number of hydrogen-bond donors (Lipinski definition) is 0. The van der Waals surface area contributed by atoms with Gasteiger partial charge in [0.15, 0.2) is 0 Å². The number of carbonyl (C=O) groups excluding carboxylic acids is 2. The minimum absolute atomic E-state index is 0.0697. The molecule has 4 rings (SSSR count). The summed E-state index contributed by atoms with van der Waals surface area (Å²) < 4.78 is 0.